The zero-order valence-electron chi connectivity index (χ0n) is 9.68. The average Bonchev–Trinajstić information content (AvgIpc) is 2.82. The Morgan fingerprint density at radius 2 is 2.00 bits per heavy atom. The lowest BCUT2D eigenvalue weighted by atomic mass is 10.2. The van der Waals surface area contributed by atoms with Crippen LogP contribution in [0.25, 0.3) is 0 Å². The van der Waals surface area contributed by atoms with Crippen LogP contribution in [0.1, 0.15) is 10.4 Å². The van der Waals surface area contributed by atoms with Gasteiger partial charge in [0.05, 0.1) is 6.54 Å². The number of benzene rings is 1. The molecule has 0 fully saturated rings. The summed E-state index contributed by atoms with van der Waals surface area (Å²) < 4.78 is 0. The van der Waals surface area contributed by atoms with E-state index in [2.05, 4.69) is 29.5 Å². The van der Waals surface area contributed by atoms with Gasteiger partial charge >= 0.3 is 0 Å². The van der Waals surface area contributed by atoms with Crippen LogP contribution in [0.15, 0.2) is 41.8 Å². The van der Waals surface area contributed by atoms with E-state index in [4.69, 9.17) is 11.1 Å². The number of nitrogens with zero attached hydrogens (tertiary/aromatic N) is 1. The summed E-state index contributed by atoms with van der Waals surface area (Å²) in [5.74, 6) is 0.109. The molecule has 0 unspecified atom stereocenters. The molecule has 2 rings (SSSR count). The number of rotatable bonds is 4. The molecule has 3 nitrogen and oxygen atoms in total. The molecule has 17 heavy (non-hydrogen) atoms. The fourth-order valence-corrected chi connectivity index (χ4v) is 2.38. The first kappa shape index (κ1) is 11.7. The van der Waals surface area contributed by atoms with Gasteiger partial charge in [0.1, 0.15) is 5.84 Å². The Bertz CT molecular complexity index is 488. The Morgan fingerprint density at radius 1 is 1.29 bits per heavy atom. The number of amidine groups is 1. The van der Waals surface area contributed by atoms with Gasteiger partial charge in [-0.2, -0.15) is 0 Å². The molecule has 2 aromatic rings. The normalized spacial score (nSPS) is 10.2. The maximum atomic E-state index is 7.34. The van der Waals surface area contributed by atoms with Gasteiger partial charge in [-0.15, -0.1) is 11.3 Å². The minimum Gasteiger partial charge on any atom is -0.384 e. The lowest BCUT2D eigenvalue weighted by molar-refractivity contribution is 0.940. The van der Waals surface area contributed by atoms with Crippen LogP contribution < -0.4 is 10.6 Å². The topological polar surface area (TPSA) is 53.1 Å². The smallest absolute Gasteiger partial charge is 0.122 e. The van der Waals surface area contributed by atoms with Crippen molar-refractivity contribution in [3.63, 3.8) is 0 Å². The van der Waals surface area contributed by atoms with Crippen molar-refractivity contribution in [1.29, 1.82) is 5.41 Å². The van der Waals surface area contributed by atoms with Gasteiger partial charge in [0.2, 0.25) is 0 Å². The van der Waals surface area contributed by atoms with E-state index in [1.165, 1.54) is 4.88 Å². The zero-order chi connectivity index (χ0) is 12.3. The molecule has 0 atom stereocenters. The average molecular weight is 245 g/mol. The summed E-state index contributed by atoms with van der Waals surface area (Å²) in [6, 6.07) is 11.9. The van der Waals surface area contributed by atoms with Crippen molar-refractivity contribution in [3.8, 4) is 0 Å². The predicted molar refractivity (Wildman–Crippen MR) is 73.9 cm³/mol. The Kier molecular flexibility index (Phi) is 3.44. The first-order valence-corrected chi connectivity index (χ1v) is 6.23. The Balaban J connectivity index is 2.09. The Labute approximate surface area is 105 Å². The molecule has 0 radical (unpaired) electrons. The molecular formula is C13H15N3S. The summed E-state index contributed by atoms with van der Waals surface area (Å²) in [4.78, 5) is 3.51. The van der Waals surface area contributed by atoms with Crippen LogP contribution in [0.2, 0.25) is 0 Å². The van der Waals surface area contributed by atoms with Crippen LogP contribution in [-0.2, 0) is 6.54 Å². The van der Waals surface area contributed by atoms with Crippen LogP contribution >= 0.6 is 11.3 Å². The number of thiophene rings is 1. The van der Waals surface area contributed by atoms with Crippen LogP contribution in [0.5, 0.6) is 0 Å². The Morgan fingerprint density at radius 3 is 2.53 bits per heavy atom. The summed E-state index contributed by atoms with van der Waals surface area (Å²) in [7, 11) is 2.06. The highest BCUT2D eigenvalue weighted by molar-refractivity contribution is 7.09. The van der Waals surface area contributed by atoms with E-state index in [-0.39, 0.29) is 5.84 Å². The van der Waals surface area contributed by atoms with Crippen molar-refractivity contribution in [1.82, 2.24) is 0 Å². The molecule has 3 N–H and O–H groups in total. The molecule has 0 saturated carbocycles. The van der Waals surface area contributed by atoms with Gasteiger partial charge in [0.15, 0.2) is 0 Å². The molecule has 0 aliphatic carbocycles. The van der Waals surface area contributed by atoms with Gasteiger partial charge in [-0.05, 0) is 35.7 Å². The molecule has 4 heteroatoms. The molecule has 0 aliphatic heterocycles. The van der Waals surface area contributed by atoms with Crippen molar-refractivity contribution >= 4 is 22.9 Å². The third-order valence-electron chi connectivity index (χ3n) is 2.59. The van der Waals surface area contributed by atoms with Crippen molar-refractivity contribution in [2.75, 3.05) is 11.9 Å². The second-order valence-corrected chi connectivity index (χ2v) is 4.93. The first-order valence-electron chi connectivity index (χ1n) is 5.35. The van der Waals surface area contributed by atoms with Crippen molar-refractivity contribution in [2.24, 2.45) is 5.73 Å². The molecular weight excluding hydrogens is 230 g/mol. The standard InChI is InChI=1S/C13H15N3S/c1-16(9-12-3-2-8-17-12)11-6-4-10(5-7-11)13(14)15/h2-8H,9H2,1H3,(H3,14,15). The Hall–Kier alpha value is -1.81. The van der Waals surface area contributed by atoms with Crippen LogP contribution in [0.4, 0.5) is 5.69 Å². The summed E-state index contributed by atoms with van der Waals surface area (Å²) >= 11 is 1.76. The summed E-state index contributed by atoms with van der Waals surface area (Å²) in [5, 5.41) is 9.42. The van der Waals surface area contributed by atoms with Crippen molar-refractivity contribution in [2.45, 2.75) is 6.54 Å². The van der Waals surface area contributed by atoms with Crippen LogP contribution in [0.3, 0.4) is 0 Å². The largest absolute Gasteiger partial charge is 0.384 e. The molecule has 0 saturated heterocycles. The van der Waals surface area contributed by atoms with E-state index >= 15 is 0 Å². The van der Waals surface area contributed by atoms with E-state index in [9.17, 15) is 0 Å². The fraction of sp³-hybridized carbons (Fsp3) is 0.154. The van der Waals surface area contributed by atoms with Gasteiger partial charge in [0, 0.05) is 23.2 Å². The van der Waals surface area contributed by atoms with Crippen molar-refractivity contribution in [3.05, 3.63) is 52.2 Å². The first-order chi connectivity index (χ1) is 8.16. The van der Waals surface area contributed by atoms with Crippen LogP contribution in [-0.4, -0.2) is 12.9 Å². The highest BCUT2D eigenvalue weighted by Crippen LogP contribution is 2.18. The molecule has 0 aliphatic rings. The summed E-state index contributed by atoms with van der Waals surface area (Å²) in [6.07, 6.45) is 0. The lowest BCUT2D eigenvalue weighted by Gasteiger charge is -2.18. The molecule has 1 aromatic heterocycles. The second kappa shape index (κ2) is 5.01. The number of nitrogens with one attached hydrogen (secondary N) is 1. The molecule has 0 amide bonds. The van der Waals surface area contributed by atoms with Crippen molar-refractivity contribution < 1.29 is 0 Å². The summed E-state index contributed by atoms with van der Waals surface area (Å²) in [6.45, 7) is 0.900. The number of nitrogen functional groups attached to an aromatic ring is 1. The minimum absolute atomic E-state index is 0.109. The van der Waals surface area contributed by atoms with E-state index in [1.54, 1.807) is 11.3 Å². The van der Waals surface area contributed by atoms with Gasteiger partial charge < -0.3 is 10.6 Å². The van der Waals surface area contributed by atoms with Gasteiger partial charge in [-0.3, -0.25) is 5.41 Å². The van der Waals surface area contributed by atoms with E-state index in [1.807, 2.05) is 24.3 Å². The maximum Gasteiger partial charge on any atom is 0.122 e. The minimum atomic E-state index is 0.109. The fourth-order valence-electron chi connectivity index (χ4n) is 1.62. The number of hydrogen-bond acceptors (Lipinski definition) is 3. The lowest BCUT2D eigenvalue weighted by Crippen LogP contribution is -2.16. The van der Waals surface area contributed by atoms with E-state index < -0.39 is 0 Å². The number of hydrogen-bond donors (Lipinski definition) is 2. The highest BCUT2D eigenvalue weighted by Gasteiger charge is 2.03. The molecule has 0 spiro atoms. The summed E-state index contributed by atoms with van der Waals surface area (Å²) in [5.41, 5.74) is 7.31. The molecule has 0 bridgehead atoms. The van der Waals surface area contributed by atoms with E-state index in [0.717, 1.165) is 17.8 Å². The van der Waals surface area contributed by atoms with Gasteiger partial charge in [-0.25, -0.2) is 0 Å². The van der Waals surface area contributed by atoms with E-state index in [0.29, 0.717) is 0 Å². The number of nitrogens with two attached hydrogens (primary N) is 1. The maximum absolute atomic E-state index is 7.34. The van der Waals surface area contributed by atoms with Gasteiger partial charge in [-0.1, -0.05) is 6.07 Å². The van der Waals surface area contributed by atoms with Gasteiger partial charge in [0.25, 0.3) is 0 Å². The zero-order valence-corrected chi connectivity index (χ0v) is 10.5. The number of anilines is 1. The molecule has 1 heterocycles. The third kappa shape index (κ3) is 2.85. The predicted octanol–water partition coefficient (Wildman–Crippen LogP) is 2.67. The monoisotopic (exact) mass is 245 g/mol. The highest BCUT2D eigenvalue weighted by atomic mass is 32.1. The quantitative estimate of drug-likeness (QED) is 0.642. The SMILES string of the molecule is CN(Cc1cccs1)c1ccc(C(=N)N)cc1. The molecule has 88 valence electrons. The molecule has 1 aromatic carbocycles. The van der Waals surface area contributed by atoms with Crippen LogP contribution in [0, 0.1) is 5.41 Å². The third-order valence-corrected chi connectivity index (χ3v) is 3.45. The second-order valence-electron chi connectivity index (χ2n) is 3.90.